The predicted molar refractivity (Wildman–Crippen MR) is 75.2 cm³/mol. The van der Waals surface area contributed by atoms with Crippen molar-refractivity contribution in [1.29, 1.82) is 0 Å². The summed E-state index contributed by atoms with van der Waals surface area (Å²) in [7, 11) is -0.912. The summed E-state index contributed by atoms with van der Waals surface area (Å²) in [6.07, 6.45) is 0. The van der Waals surface area contributed by atoms with Crippen LogP contribution in [0.4, 0.5) is 0 Å². The zero-order valence-corrected chi connectivity index (χ0v) is 13.6. The van der Waals surface area contributed by atoms with E-state index in [0.717, 1.165) is 0 Å². The zero-order chi connectivity index (χ0) is 15.0. The molecular formula is C11H15ClO5SSi. The number of benzene rings is 1. The summed E-state index contributed by atoms with van der Waals surface area (Å²) in [6.45, 7) is 7.06. The average Bonchev–Trinajstić information content (AvgIpc) is 2.16. The second-order valence-corrected chi connectivity index (χ2v) is 12.1. The van der Waals surface area contributed by atoms with E-state index in [1.54, 1.807) is 6.92 Å². The van der Waals surface area contributed by atoms with Gasteiger partial charge in [0, 0.05) is 10.7 Å². The van der Waals surface area contributed by atoms with Gasteiger partial charge in [-0.15, -0.1) is 0 Å². The Labute approximate surface area is 117 Å². The molecule has 0 amide bonds. The lowest BCUT2D eigenvalue weighted by atomic mass is 10.1. The molecule has 0 aliphatic heterocycles. The Morgan fingerprint density at radius 1 is 1.32 bits per heavy atom. The third-order valence-electron chi connectivity index (χ3n) is 2.10. The number of aromatic carboxylic acids is 1. The van der Waals surface area contributed by atoms with Gasteiger partial charge in [-0.25, -0.2) is 13.2 Å². The van der Waals surface area contributed by atoms with Crippen LogP contribution < -0.4 is 4.43 Å². The Morgan fingerprint density at radius 3 is 2.21 bits per heavy atom. The number of carboxylic acid groups (broad SMARTS) is 1. The van der Waals surface area contributed by atoms with E-state index in [1.807, 2.05) is 19.6 Å². The van der Waals surface area contributed by atoms with Crippen molar-refractivity contribution in [2.75, 3.05) is 0 Å². The van der Waals surface area contributed by atoms with Crippen LogP contribution in [0.1, 0.15) is 15.9 Å². The Morgan fingerprint density at radius 2 is 1.84 bits per heavy atom. The van der Waals surface area contributed by atoms with Gasteiger partial charge in [0.1, 0.15) is 16.2 Å². The SMILES string of the molecule is Cc1cc(C(=O)O)c(O[Si](C)(C)C)c(S(=O)(=O)Cl)c1. The summed E-state index contributed by atoms with van der Waals surface area (Å²) in [5.41, 5.74) is 0.293. The van der Waals surface area contributed by atoms with Gasteiger partial charge in [-0.05, 0) is 44.3 Å². The molecule has 0 fully saturated rings. The van der Waals surface area contributed by atoms with E-state index in [0.29, 0.717) is 5.56 Å². The molecule has 1 N–H and O–H groups in total. The topological polar surface area (TPSA) is 80.7 Å². The molecule has 8 heteroatoms. The van der Waals surface area contributed by atoms with Crippen LogP contribution in [0.25, 0.3) is 0 Å². The quantitative estimate of drug-likeness (QED) is 0.681. The van der Waals surface area contributed by atoms with Crippen LogP contribution in [0.15, 0.2) is 17.0 Å². The first-order chi connectivity index (χ1) is 8.42. The molecule has 0 radical (unpaired) electrons. The fraction of sp³-hybridized carbons (Fsp3) is 0.364. The number of aryl methyl sites for hydroxylation is 1. The lowest BCUT2D eigenvalue weighted by Crippen LogP contribution is -2.31. The van der Waals surface area contributed by atoms with Crippen LogP contribution in [-0.2, 0) is 9.05 Å². The van der Waals surface area contributed by atoms with Crippen molar-refractivity contribution in [3.05, 3.63) is 23.3 Å². The minimum atomic E-state index is -4.08. The van der Waals surface area contributed by atoms with E-state index in [1.165, 1.54) is 12.1 Å². The number of halogens is 1. The lowest BCUT2D eigenvalue weighted by Gasteiger charge is -2.22. The summed E-state index contributed by atoms with van der Waals surface area (Å²) >= 11 is 0. The molecule has 0 bridgehead atoms. The second kappa shape index (κ2) is 5.14. The minimum absolute atomic E-state index is 0.174. The van der Waals surface area contributed by atoms with Gasteiger partial charge >= 0.3 is 5.97 Å². The van der Waals surface area contributed by atoms with Gasteiger partial charge in [-0.1, -0.05) is 0 Å². The normalized spacial score (nSPS) is 12.3. The number of carboxylic acids is 1. The Bertz CT molecular complexity index is 619. The highest BCUT2D eigenvalue weighted by Gasteiger charge is 2.28. The highest BCUT2D eigenvalue weighted by Crippen LogP contribution is 2.34. The van der Waals surface area contributed by atoms with Gasteiger partial charge in [0.25, 0.3) is 9.05 Å². The van der Waals surface area contributed by atoms with Crippen molar-refractivity contribution in [2.45, 2.75) is 31.5 Å². The number of hydrogen-bond donors (Lipinski definition) is 1. The van der Waals surface area contributed by atoms with Crippen LogP contribution in [0.5, 0.6) is 5.75 Å². The van der Waals surface area contributed by atoms with Crippen molar-refractivity contribution >= 4 is 34.0 Å². The number of carbonyl (C=O) groups is 1. The zero-order valence-electron chi connectivity index (χ0n) is 11.0. The summed E-state index contributed by atoms with van der Waals surface area (Å²) < 4.78 is 28.8. The smallest absolute Gasteiger partial charge is 0.339 e. The van der Waals surface area contributed by atoms with Gasteiger partial charge in [-0.3, -0.25) is 0 Å². The fourth-order valence-electron chi connectivity index (χ4n) is 1.49. The highest BCUT2D eigenvalue weighted by molar-refractivity contribution is 8.13. The molecule has 19 heavy (non-hydrogen) atoms. The summed E-state index contributed by atoms with van der Waals surface area (Å²) in [5.74, 6) is -1.43. The maximum absolute atomic E-state index is 11.6. The molecule has 0 heterocycles. The van der Waals surface area contributed by atoms with Gasteiger partial charge < -0.3 is 9.53 Å². The predicted octanol–water partition coefficient (Wildman–Crippen LogP) is 2.83. The molecule has 1 aromatic carbocycles. The molecule has 106 valence electrons. The van der Waals surface area contributed by atoms with E-state index in [4.69, 9.17) is 15.1 Å². The molecule has 0 atom stereocenters. The van der Waals surface area contributed by atoms with Crippen LogP contribution >= 0.6 is 10.7 Å². The minimum Gasteiger partial charge on any atom is -0.543 e. The average molecular weight is 323 g/mol. The van der Waals surface area contributed by atoms with Gasteiger partial charge in [0.2, 0.25) is 8.32 Å². The molecule has 0 spiro atoms. The van der Waals surface area contributed by atoms with Crippen LogP contribution in [0.2, 0.25) is 19.6 Å². The number of hydrogen-bond acceptors (Lipinski definition) is 4. The molecular weight excluding hydrogens is 308 g/mol. The van der Waals surface area contributed by atoms with Crippen LogP contribution in [0.3, 0.4) is 0 Å². The Hall–Kier alpha value is -1.05. The molecule has 0 aromatic heterocycles. The molecule has 0 unspecified atom stereocenters. The lowest BCUT2D eigenvalue weighted by molar-refractivity contribution is 0.0694. The second-order valence-electron chi connectivity index (χ2n) is 5.10. The van der Waals surface area contributed by atoms with Gasteiger partial charge in [-0.2, -0.15) is 0 Å². The Balaban J connectivity index is 3.67. The van der Waals surface area contributed by atoms with Crippen molar-refractivity contribution in [3.8, 4) is 5.75 Å². The van der Waals surface area contributed by atoms with Crippen LogP contribution in [-0.4, -0.2) is 27.8 Å². The molecule has 0 aliphatic rings. The molecule has 1 aromatic rings. The molecule has 0 aliphatic carbocycles. The fourth-order valence-corrected chi connectivity index (χ4v) is 3.44. The van der Waals surface area contributed by atoms with Crippen molar-refractivity contribution in [2.24, 2.45) is 0 Å². The Kier molecular flexibility index (Phi) is 4.33. The van der Waals surface area contributed by atoms with E-state index in [2.05, 4.69) is 0 Å². The highest BCUT2D eigenvalue weighted by atomic mass is 35.7. The van der Waals surface area contributed by atoms with Crippen molar-refractivity contribution in [3.63, 3.8) is 0 Å². The van der Waals surface area contributed by atoms with Gasteiger partial charge in [0.05, 0.1) is 0 Å². The van der Waals surface area contributed by atoms with Crippen molar-refractivity contribution in [1.82, 2.24) is 0 Å². The van der Waals surface area contributed by atoms with E-state index in [9.17, 15) is 18.3 Å². The molecule has 0 saturated carbocycles. The first kappa shape index (κ1) is 16.0. The summed E-state index contributed by atoms with van der Waals surface area (Å²) in [5, 5.41) is 9.17. The maximum atomic E-state index is 11.6. The number of rotatable bonds is 4. The molecule has 1 rings (SSSR count). The third-order valence-corrected chi connectivity index (χ3v) is 4.24. The van der Waals surface area contributed by atoms with E-state index < -0.39 is 23.3 Å². The summed E-state index contributed by atoms with van der Waals surface area (Å²) in [4.78, 5) is 10.9. The standard InChI is InChI=1S/C11H15ClO5SSi/c1-7-5-8(11(13)14)10(17-19(2,3)4)9(6-7)18(12,15)16/h5-6H,1-4H3,(H,13,14). The first-order valence-electron chi connectivity index (χ1n) is 5.43. The monoisotopic (exact) mass is 322 g/mol. The van der Waals surface area contributed by atoms with Crippen molar-refractivity contribution < 1.29 is 22.7 Å². The van der Waals surface area contributed by atoms with E-state index >= 15 is 0 Å². The maximum Gasteiger partial charge on any atom is 0.339 e. The van der Waals surface area contributed by atoms with E-state index in [-0.39, 0.29) is 16.2 Å². The molecule has 5 nitrogen and oxygen atoms in total. The first-order valence-corrected chi connectivity index (χ1v) is 11.2. The van der Waals surface area contributed by atoms with Crippen LogP contribution in [0, 0.1) is 6.92 Å². The summed E-state index contributed by atoms with van der Waals surface area (Å²) in [6, 6.07) is 2.67. The third kappa shape index (κ3) is 4.22. The van der Waals surface area contributed by atoms with Gasteiger partial charge in [0.15, 0.2) is 0 Å². The molecule has 0 saturated heterocycles. The largest absolute Gasteiger partial charge is 0.543 e.